The molecule has 5 rings (SSSR count). The van der Waals surface area contributed by atoms with Crippen LogP contribution in [0.1, 0.15) is 18.0 Å². The fourth-order valence-electron chi connectivity index (χ4n) is 4.35. The Morgan fingerprint density at radius 2 is 2.00 bits per heavy atom. The molecule has 1 saturated heterocycles. The summed E-state index contributed by atoms with van der Waals surface area (Å²) in [5.41, 5.74) is 3.14. The maximum atomic E-state index is 13.0. The molecular formula is C24H23ClN4O3. The molecule has 0 aliphatic carbocycles. The van der Waals surface area contributed by atoms with Crippen LogP contribution in [0, 0.1) is 0 Å². The number of aromatic amines is 1. The minimum atomic E-state index is -0.514. The van der Waals surface area contributed by atoms with Gasteiger partial charge < -0.3 is 19.7 Å². The second-order valence-corrected chi connectivity index (χ2v) is 8.55. The van der Waals surface area contributed by atoms with Gasteiger partial charge in [0.05, 0.1) is 24.3 Å². The molecule has 1 fully saturated rings. The van der Waals surface area contributed by atoms with Gasteiger partial charge in [0.25, 0.3) is 5.56 Å². The molecule has 4 aromatic rings. The van der Waals surface area contributed by atoms with Gasteiger partial charge in [-0.15, -0.1) is 0 Å². The van der Waals surface area contributed by atoms with Crippen molar-refractivity contribution in [2.75, 3.05) is 24.6 Å². The molecule has 3 N–H and O–H groups in total. The topological polar surface area (TPSA) is 94.4 Å². The Morgan fingerprint density at radius 3 is 2.72 bits per heavy atom. The number of nitrogens with one attached hydrogen (secondary N) is 1. The van der Waals surface area contributed by atoms with E-state index in [9.17, 15) is 15.0 Å². The van der Waals surface area contributed by atoms with E-state index < -0.39 is 6.04 Å². The van der Waals surface area contributed by atoms with Gasteiger partial charge in [0, 0.05) is 35.8 Å². The molecule has 0 bridgehead atoms. The number of fused-ring (bicyclic) bond motifs is 1. The van der Waals surface area contributed by atoms with Crippen molar-refractivity contribution < 1.29 is 10.2 Å². The van der Waals surface area contributed by atoms with E-state index in [1.807, 2.05) is 30.3 Å². The molecule has 32 heavy (non-hydrogen) atoms. The van der Waals surface area contributed by atoms with Gasteiger partial charge in [-0.25, -0.2) is 0 Å². The third-order valence-electron chi connectivity index (χ3n) is 6.03. The summed E-state index contributed by atoms with van der Waals surface area (Å²) >= 11 is 6.09. The number of H-pyrrole nitrogens is 1. The lowest BCUT2D eigenvalue weighted by Gasteiger charge is -2.19. The van der Waals surface area contributed by atoms with Gasteiger partial charge in [-0.05, 0) is 53.4 Å². The van der Waals surface area contributed by atoms with Gasteiger partial charge >= 0.3 is 0 Å². The van der Waals surface area contributed by atoms with E-state index in [-0.39, 0.29) is 18.3 Å². The van der Waals surface area contributed by atoms with Crippen LogP contribution in [0.5, 0.6) is 0 Å². The van der Waals surface area contributed by atoms with Crippen LogP contribution < -0.4 is 10.5 Å². The smallest absolute Gasteiger partial charge is 0.251 e. The van der Waals surface area contributed by atoms with Crippen molar-refractivity contribution in [1.82, 2.24) is 14.8 Å². The van der Waals surface area contributed by atoms with Gasteiger partial charge in [-0.2, -0.15) is 5.10 Å². The molecule has 2 atom stereocenters. The SMILES string of the molecule is O=c1cc(-c2ccc3[nH]nc(N4CCC(O)C4)c3c2)ccn1[C@H](CO)c1cccc(Cl)c1. The van der Waals surface area contributed by atoms with Crippen molar-refractivity contribution in [1.29, 1.82) is 0 Å². The zero-order chi connectivity index (χ0) is 22.2. The van der Waals surface area contributed by atoms with Crippen molar-refractivity contribution >= 4 is 28.3 Å². The number of benzene rings is 2. The van der Waals surface area contributed by atoms with Crippen molar-refractivity contribution in [3.05, 3.63) is 81.7 Å². The average Bonchev–Trinajstić information content (AvgIpc) is 3.40. The standard InChI is InChI=1S/C24H23ClN4O3/c25-18-3-1-2-17(10-18)22(14-30)29-9-6-16(12-23(29)32)15-4-5-21-20(11-15)24(27-26-21)28-8-7-19(31)13-28/h1-6,9-12,19,22,30-31H,7-8,13-14H2,(H,26,27)/t19?,22-/m1/s1. The van der Waals surface area contributed by atoms with E-state index in [0.717, 1.165) is 46.4 Å². The number of halogens is 1. The Hall–Kier alpha value is -3.13. The third kappa shape index (κ3) is 3.79. The Morgan fingerprint density at radius 1 is 1.16 bits per heavy atom. The minimum absolute atomic E-state index is 0.211. The van der Waals surface area contributed by atoms with Crippen LogP contribution in [0.15, 0.2) is 65.6 Å². The molecule has 1 aliphatic rings. The molecule has 0 amide bonds. The van der Waals surface area contributed by atoms with E-state index in [1.165, 1.54) is 4.57 Å². The van der Waals surface area contributed by atoms with E-state index in [2.05, 4.69) is 15.1 Å². The number of aliphatic hydroxyl groups is 2. The highest BCUT2D eigenvalue weighted by atomic mass is 35.5. The van der Waals surface area contributed by atoms with Gasteiger partial charge in [0.1, 0.15) is 0 Å². The number of β-amino-alcohol motifs (C(OH)–C–C–N with tert-alkyl or cyclic N) is 1. The highest BCUT2D eigenvalue weighted by molar-refractivity contribution is 6.30. The number of hydrogen-bond donors (Lipinski definition) is 3. The summed E-state index contributed by atoms with van der Waals surface area (Å²) in [5, 5.41) is 28.8. The summed E-state index contributed by atoms with van der Waals surface area (Å²) in [6.45, 7) is 1.10. The highest BCUT2D eigenvalue weighted by Crippen LogP contribution is 2.31. The lowest BCUT2D eigenvalue weighted by molar-refractivity contribution is 0.198. The van der Waals surface area contributed by atoms with Crippen LogP contribution in [0.2, 0.25) is 5.02 Å². The number of hydrogen-bond acceptors (Lipinski definition) is 5. The average molecular weight is 451 g/mol. The molecule has 0 saturated carbocycles. The van der Waals surface area contributed by atoms with E-state index >= 15 is 0 Å². The summed E-state index contributed by atoms with van der Waals surface area (Å²) in [6.07, 6.45) is 2.10. The molecular weight excluding hydrogens is 428 g/mol. The quantitative estimate of drug-likeness (QED) is 0.434. The molecule has 2 aromatic carbocycles. The van der Waals surface area contributed by atoms with Crippen molar-refractivity contribution in [2.45, 2.75) is 18.6 Å². The summed E-state index contributed by atoms with van der Waals surface area (Å²) < 4.78 is 1.52. The van der Waals surface area contributed by atoms with Gasteiger partial charge in [-0.1, -0.05) is 29.8 Å². The van der Waals surface area contributed by atoms with Crippen molar-refractivity contribution in [3.63, 3.8) is 0 Å². The maximum Gasteiger partial charge on any atom is 0.251 e. The first-order valence-corrected chi connectivity index (χ1v) is 10.9. The van der Waals surface area contributed by atoms with Crippen LogP contribution in [0.4, 0.5) is 5.82 Å². The first kappa shape index (κ1) is 20.8. The molecule has 0 radical (unpaired) electrons. The Labute approximate surface area is 189 Å². The highest BCUT2D eigenvalue weighted by Gasteiger charge is 2.24. The molecule has 8 heteroatoms. The third-order valence-corrected chi connectivity index (χ3v) is 6.26. The van der Waals surface area contributed by atoms with Crippen LogP contribution in [-0.4, -0.2) is 50.8 Å². The number of rotatable bonds is 5. The largest absolute Gasteiger partial charge is 0.394 e. The molecule has 164 valence electrons. The second-order valence-electron chi connectivity index (χ2n) is 8.11. The predicted molar refractivity (Wildman–Crippen MR) is 125 cm³/mol. The fourth-order valence-corrected chi connectivity index (χ4v) is 4.55. The van der Waals surface area contributed by atoms with E-state index in [4.69, 9.17) is 11.6 Å². The van der Waals surface area contributed by atoms with Crippen LogP contribution in [0.3, 0.4) is 0 Å². The van der Waals surface area contributed by atoms with E-state index in [1.54, 1.807) is 30.5 Å². The number of pyridine rings is 1. The normalized spacial score (nSPS) is 17.2. The predicted octanol–water partition coefficient (Wildman–Crippen LogP) is 3.20. The van der Waals surface area contributed by atoms with Gasteiger partial charge in [0.15, 0.2) is 5.82 Å². The van der Waals surface area contributed by atoms with Crippen LogP contribution >= 0.6 is 11.6 Å². The molecule has 2 aromatic heterocycles. The summed E-state index contributed by atoms with van der Waals surface area (Å²) in [5.74, 6) is 0.813. The van der Waals surface area contributed by atoms with Crippen molar-refractivity contribution in [2.24, 2.45) is 0 Å². The first-order chi connectivity index (χ1) is 15.5. The van der Waals surface area contributed by atoms with Crippen LogP contribution in [0.25, 0.3) is 22.0 Å². The summed E-state index contributed by atoms with van der Waals surface area (Å²) in [4.78, 5) is 15.0. The van der Waals surface area contributed by atoms with Gasteiger partial charge in [0.2, 0.25) is 0 Å². The molecule has 7 nitrogen and oxygen atoms in total. The second kappa shape index (κ2) is 8.43. The summed E-state index contributed by atoms with van der Waals surface area (Å²) in [7, 11) is 0. The maximum absolute atomic E-state index is 13.0. The lowest BCUT2D eigenvalue weighted by atomic mass is 10.0. The molecule has 3 heterocycles. The molecule has 1 aliphatic heterocycles. The molecule has 0 spiro atoms. The van der Waals surface area contributed by atoms with Gasteiger partial charge in [-0.3, -0.25) is 9.89 Å². The van der Waals surface area contributed by atoms with Crippen molar-refractivity contribution in [3.8, 4) is 11.1 Å². The Bertz CT molecular complexity index is 1330. The zero-order valence-electron chi connectivity index (χ0n) is 17.3. The zero-order valence-corrected chi connectivity index (χ0v) is 18.0. The Balaban J connectivity index is 1.50. The number of anilines is 1. The monoisotopic (exact) mass is 450 g/mol. The molecule has 1 unspecified atom stereocenters. The number of aromatic nitrogens is 3. The lowest BCUT2D eigenvalue weighted by Crippen LogP contribution is -2.26. The number of aliphatic hydroxyl groups excluding tert-OH is 2. The number of nitrogens with zero attached hydrogens (tertiary/aromatic N) is 3. The fraction of sp³-hybridized carbons (Fsp3) is 0.250. The van der Waals surface area contributed by atoms with Crippen LogP contribution in [-0.2, 0) is 0 Å². The Kier molecular flexibility index (Phi) is 5.46. The first-order valence-electron chi connectivity index (χ1n) is 10.5. The van der Waals surface area contributed by atoms with E-state index in [0.29, 0.717) is 11.6 Å². The summed E-state index contributed by atoms with van der Waals surface area (Å²) in [6, 6.07) is 16.0. The minimum Gasteiger partial charge on any atom is -0.394 e.